The maximum Gasteiger partial charge on any atom is 0.168 e. The molecule has 0 fully saturated rings. The first kappa shape index (κ1) is 9.97. The molecule has 15 heavy (non-hydrogen) atoms. The van der Waals surface area contributed by atoms with Crippen LogP contribution in [0.2, 0.25) is 0 Å². The van der Waals surface area contributed by atoms with E-state index in [1.807, 2.05) is 38.1 Å². The number of rotatable bonds is 1. The van der Waals surface area contributed by atoms with Crippen LogP contribution in [0.5, 0.6) is 5.75 Å². The minimum atomic E-state index is -0.497. The smallest absolute Gasteiger partial charge is 0.168 e. The van der Waals surface area contributed by atoms with Gasteiger partial charge in [0, 0.05) is 5.56 Å². The number of halogens is 1. The Labute approximate surface area is 88.2 Å². The Hall–Kier alpha value is -1.57. The summed E-state index contributed by atoms with van der Waals surface area (Å²) in [4.78, 5) is 0. The Morgan fingerprint density at radius 2 is 1.87 bits per heavy atom. The normalized spacial score (nSPS) is 11.2. The second kappa shape index (κ2) is 3.54. The molecule has 0 atom stereocenters. The van der Waals surface area contributed by atoms with Gasteiger partial charge in [-0.1, -0.05) is 38.1 Å². The predicted octanol–water partition coefficient (Wildman–Crippen LogP) is 3.81. The molecule has 0 spiro atoms. The summed E-state index contributed by atoms with van der Waals surface area (Å²) in [5.74, 6) is -0.705. The van der Waals surface area contributed by atoms with Gasteiger partial charge in [-0.3, -0.25) is 0 Å². The first-order valence-electron chi connectivity index (χ1n) is 5.01. The molecule has 0 aliphatic heterocycles. The third kappa shape index (κ3) is 1.56. The van der Waals surface area contributed by atoms with Crippen LogP contribution in [-0.2, 0) is 0 Å². The molecule has 2 aromatic rings. The van der Waals surface area contributed by atoms with Crippen LogP contribution in [0.1, 0.15) is 25.3 Å². The summed E-state index contributed by atoms with van der Waals surface area (Å²) < 4.78 is 13.7. The minimum absolute atomic E-state index is 0.0574. The van der Waals surface area contributed by atoms with Gasteiger partial charge in [-0.25, -0.2) is 4.39 Å². The summed E-state index contributed by atoms with van der Waals surface area (Å²) in [6, 6.07) is 8.98. The SMILES string of the molecule is CC(C)c1c(F)c(O)cc2ccccc12. The number of benzene rings is 2. The lowest BCUT2D eigenvalue weighted by molar-refractivity contribution is 0.428. The van der Waals surface area contributed by atoms with Gasteiger partial charge in [0.2, 0.25) is 0 Å². The highest BCUT2D eigenvalue weighted by Crippen LogP contribution is 2.33. The zero-order chi connectivity index (χ0) is 11.0. The van der Waals surface area contributed by atoms with Crippen LogP contribution < -0.4 is 0 Å². The van der Waals surface area contributed by atoms with Crippen molar-refractivity contribution in [2.24, 2.45) is 0 Å². The number of hydrogen-bond acceptors (Lipinski definition) is 1. The molecule has 1 nitrogen and oxygen atoms in total. The van der Waals surface area contributed by atoms with Crippen molar-refractivity contribution in [1.82, 2.24) is 0 Å². The van der Waals surface area contributed by atoms with Crippen LogP contribution in [0.4, 0.5) is 4.39 Å². The summed E-state index contributed by atoms with van der Waals surface area (Å²) in [6.07, 6.45) is 0. The molecule has 0 bridgehead atoms. The van der Waals surface area contributed by atoms with Gasteiger partial charge >= 0.3 is 0 Å². The van der Waals surface area contributed by atoms with Gasteiger partial charge in [-0.05, 0) is 22.8 Å². The monoisotopic (exact) mass is 204 g/mol. The zero-order valence-electron chi connectivity index (χ0n) is 8.79. The Kier molecular flexibility index (Phi) is 2.35. The number of aromatic hydroxyl groups is 1. The van der Waals surface area contributed by atoms with Crippen molar-refractivity contribution in [3.8, 4) is 5.75 Å². The average molecular weight is 204 g/mol. The number of fused-ring (bicyclic) bond motifs is 1. The van der Waals surface area contributed by atoms with Crippen LogP contribution in [0.25, 0.3) is 10.8 Å². The van der Waals surface area contributed by atoms with Gasteiger partial charge in [-0.2, -0.15) is 0 Å². The van der Waals surface area contributed by atoms with Crippen molar-refractivity contribution < 1.29 is 9.50 Å². The second-order valence-corrected chi connectivity index (χ2v) is 4.00. The number of phenolic OH excluding ortho intramolecular Hbond substituents is 1. The van der Waals surface area contributed by atoms with Crippen molar-refractivity contribution in [2.75, 3.05) is 0 Å². The molecular weight excluding hydrogens is 191 g/mol. The highest BCUT2D eigenvalue weighted by atomic mass is 19.1. The molecular formula is C13H13FO. The van der Waals surface area contributed by atoms with E-state index in [4.69, 9.17) is 0 Å². The molecule has 2 rings (SSSR count). The zero-order valence-corrected chi connectivity index (χ0v) is 8.79. The van der Waals surface area contributed by atoms with Gasteiger partial charge in [-0.15, -0.1) is 0 Å². The molecule has 0 amide bonds. The number of phenols is 1. The molecule has 0 radical (unpaired) electrons. The van der Waals surface area contributed by atoms with Gasteiger partial charge in [0.05, 0.1) is 0 Å². The quantitative estimate of drug-likeness (QED) is 0.748. The molecule has 0 aliphatic rings. The lowest BCUT2D eigenvalue weighted by atomic mass is 9.95. The van der Waals surface area contributed by atoms with E-state index in [2.05, 4.69) is 0 Å². The first-order valence-corrected chi connectivity index (χ1v) is 5.01. The van der Waals surface area contributed by atoms with Crippen molar-refractivity contribution >= 4 is 10.8 Å². The van der Waals surface area contributed by atoms with Gasteiger partial charge in [0.25, 0.3) is 0 Å². The summed E-state index contributed by atoms with van der Waals surface area (Å²) in [7, 11) is 0. The summed E-state index contributed by atoms with van der Waals surface area (Å²) in [6.45, 7) is 3.84. The molecule has 0 aromatic heterocycles. The fourth-order valence-corrected chi connectivity index (χ4v) is 1.90. The van der Waals surface area contributed by atoms with E-state index in [9.17, 15) is 9.50 Å². The lowest BCUT2D eigenvalue weighted by Crippen LogP contribution is -1.95. The van der Waals surface area contributed by atoms with Crippen LogP contribution in [0.15, 0.2) is 30.3 Å². The summed E-state index contributed by atoms with van der Waals surface area (Å²) >= 11 is 0. The van der Waals surface area contributed by atoms with Crippen LogP contribution >= 0.6 is 0 Å². The fraction of sp³-hybridized carbons (Fsp3) is 0.231. The fourth-order valence-electron chi connectivity index (χ4n) is 1.90. The van der Waals surface area contributed by atoms with Gasteiger partial charge < -0.3 is 5.11 Å². The Morgan fingerprint density at radius 1 is 1.20 bits per heavy atom. The molecule has 78 valence electrons. The lowest BCUT2D eigenvalue weighted by Gasteiger charge is -2.12. The van der Waals surface area contributed by atoms with Crippen molar-refractivity contribution in [3.05, 3.63) is 41.7 Å². The Morgan fingerprint density at radius 3 is 2.53 bits per heavy atom. The molecule has 0 saturated heterocycles. The molecule has 1 N–H and O–H groups in total. The van der Waals surface area contributed by atoms with E-state index in [-0.39, 0.29) is 11.7 Å². The molecule has 0 saturated carbocycles. The van der Waals surface area contributed by atoms with Gasteiger partial charge in [0.1, 0.15) is 0 Å². The highest BCUT2D eigenvalue weighted by Gasteiger charge is 2.14. The van der Waals surface area contributed by atoms with Crippen LogP contribution in [0.3, 0.4) is 0 Å². The van der Waals surface area contributed by atoms with Gasteiger partial charge in [0.15, 0.2) is 11.6 Å². The summed E-state index contributed by atoms with van der Waals surface area (Å²) in [5, 5.41) is 11.2. The maximum absolute atomic E-state index is 13.7. The maximum atomic E-state index is 13.7. The Bertz CT molecular complexity index is 503. The molecule has 0 unspecified atom stereocenters. The highest BCUT2D eigenvalue weighted by molar-refractivity contribution is 5.87. The summed E-state index contributed by atoms with van der Waals surface area (Å²) in [5.41, 5.74) is 0.589. The van der Waals surface area contributed by atoms with E-state index in [0.29, 0.717) is 5.56 Å². The molecule has 0 aliphatic carbocycles. The third-order valence-corrected chi connectivity index (χ3v) is 2.58. The minimum Gasteiger partial charge on any atom is -0.505 e. The van der Waals surface area contributed by atoms with E-state index >= 15 is 0 Å². The largest absolute Gasteiger partial charge is 0.505 e. The topological polar surface area (TPSA) is 20.2 Å². The number of hydrogen-bond donors (Lipinski definition) is 1. The van der Waals surface area contributed by atoms with Crippen LogP contribution in [-0.4, -0.2) is 5.11 Å². The first-order chi connectivity index (χ1) is 7.11. The molecule has 2 heteroatoms. The third-order valence-electron chi connectivity index (χ3n) is 2.58. The van der Waals surface area contributed by atoms with Crippen molar-refractivity contribution in [2.45, 2.75) is 19.8 Å². The van der Waals surface area contributed by atoms with E-state index < -0.39 is 5.82 Å². The average Bonchev–Trinajstić information content (AvgIpc) is 2.19. The van der Waals surface area contributed by atoms with E-state index in [1.165, 1.54) is 6.07 Å². The van der Waals surface area contributed by atoms with Crippen molar-refractivity contribution in [3.63, 3.8) is 0 Å². The molecule has 0 heterocycles. The molecule has 2 aromatic carbocycles. The van der Waals surface area contributed by atoms with E-state index in [1.54, 1.807) is 0 Å². The predicted molar refractivity (Wildman–Crippen MR) is 59.7 cm³/mol. The van der Waals surface area contributed by atoms with E-state index in [0.717, 1.165) is 10.8 Å². The van der Waals surface area contributed by atoms with Crippen LogP contribution in [0, 0.1) is 5.82 Å². The second-order valence-electron chi connectivity index (χ2n) is 4.00. The Balaban J connectivity index is 2.89. The van der Waals surface area contributed by atoms with Crippen molar-refractivity contribution in [1.29, 1.82) is 0 Å². The standard InChI is InChI=1S/C13H13FO/c1-8(2)12-10-6-4-3-5-9(10)7-11(15)13(12)14/h3-8,15H,1-2H3.